The van der Waals surface area contributed by atoms with E-state index >= 15 is 0 Å². The second-order valence-electron chi connectivity index (χ2n) is 3.45. The Balaban J connectivity index is 2.36. The highest BCUT2D eigenvalue weighted by Gasteiger charge is 2.30. The quantitative estimate of drug-likeness (QED) is 0.737. The van der Waals surface area contributed by atoms with Crippen LogP contribution < -0.4 is 0 Å². The van der Waals surface area contributed by atoms with Crippen LogP contribution in [0, 0.1) is 0 Å². The van der Waals surface area contributed by atoms with Gasteiger partial charge in [0.2, 0.25) is 0 Å². The van der Waals surface area contributed by atoms with Gasteiger partial charge in [-0.3, -0.25) is 14.5 Å². The van der Waals surface area contributed by atoms with Crippen LogP contribution in [-0.2, 0) is 9.59 Å². The zero-order valence-corrected chi connectivity index (χ0v) is 9.49. The van der Waals surface area contributed by atoms with Gasteiger partial charge in [-0.25, -0.2) is 0 Å². The van der Waals surface area contributed by atoms with Crippen molar-refractivity contribution in [2.24, 2.45) is 0 Å². The van der Waals surface area contributed by atoms with Gasteiger partial charge in [0, 0.05) is 17.6 Å². The van der Waals surface area contributed by atoms with E-state index < -0.39 is 0 Å². The Bertz CT molecular complexity index is 476. The highest BCUT2D eigenvalue weighted by molar-refractivity contribution is 6.34. The lowest BCUT2D eigenvalue weighted by atomic mass is 10.1. The molecule has 0 fully saturated rings. The zero-order chi connectivity index (χ0) is 11.7. The van der Waals surface area contributed by atoms with Gasteiger partial charge in [0.05, 0.1) is 5.57 Å². The Labute approximate surface area is 98.3 Å². The number of carbonyl (C=O) groups excluding carboxylic acids is 2. The van der Waals surface area contributed by atoms with E-state index in [4.69, 9.17) is 11.6 Å². The van der Waals surface area contributed by atoms with Crippen molar-refractivity contribution in [1.29, 1.82) is 0 Å². The van der Waals surface area contributed by atoms with Crippen LogP contribution in [0.2, 0.25) is 5.02 Å². The van der Waals surface area contributed by atoms with Gasteiger partial charge in [-0.2, -0.15) is 0 Å². The summed E-state index contributed by atoms with van der Waals surface area (Å²) in [6.07, 6.45) is 1.37. The Kier molecular flexibility index (Phi) is 2.79. The van der Waals surface area contributed by atoms with E-state index in [0.717, 1.165) is 5.56 Å². The monoisotopic (exact) mass is 235 g/mol. The lowest BCUT2D eigenvalue weighted by Gasteiger charge is -2.11. The van der Waals surface area contributed by atoms with Crippen molar-refractivity contribution in [2.45, 2.75) is 6.92 Å². The first-order chi connectivity index (χ1) is 7.63. The molecular weight excluding hydrogens is 226 g/mol. The van der Waals surface area contributed by atoms with Gasteiger partial charge in [0.25, 0.3) is 11.8 Å². The third-order valence-electron chi connectivity index (χ3n) is 2.48. The molecule has 0 bridgehead atoms. The number of hydrogen-bond donors (Lipinski definition) is 0. The Hall–Kier alpha value is -1.61. The number of hydrogen-bond acceptors (Lipinski definition) is 2. The molecule has 0 saturated carbocycles. The van der Waals surface area contributed by atoms with E-state index in [9.17, 15) is 9.59 Å². The number of carbonyl (C=O) groups is 2. The van der Waals surface area contributed by atoms with Crippen LogP contribution >= 0.6 is 11.6 Å². The van der Waals surface area contributed by atoms with Crippen molar-refractivity contribution in [2.75, 3.05) is 6.54 Å². The van der Waals surface area contributed by atoms with Crippen LogP contribution in [0.5, 0.6) is 0 Å². The molecule has 0 aliphatic carbocycles. The van der Waals surface area contributed by atoms with E-state index in [1.807, 2.05) is 0 Å². The van der Waals surface area contributed by atoms with Crippen molar-refractivity contribution in [3.8, 4) is 0 Å². The molecule has 1 heterocycles. The molecule has 0 N–H and O–H groups in total. The van der Waals surface area contributed by atoms with E-state index in [-0.39, 0.29) is 11.8 Å². The molecule has 1 aliphatic heterocycles. The van der Waals surface area contributed by atoms with Gasteiger partial charge in [-0.15, -0.1) is 0 Å². The van der Waals surface area contributed by atoms with Gasteiger partial charge in [-0.1, -0.05) is 23.7 Å². The van der Waals surface area contributed by atoms with Crippen LogP contribution in [-0.4, -0.2) is 23.3 Å². The molecule has 0 radical (unpaired) electrons. The lowest BCUT2D eigenvalue weighted by Crippen LogP contribution is -2.30. The molecule has 2 amide bonds. The summed E-state index contributed by atoms with van der Waals surface area (Å²) in [6.45, 7) is 2.17. The fourth-order valence-electron chi connectivity index (χ4n) is 1.64. The fourth-order valence-corrected chi connectivity index (χ4v) is 1.77. The first kappa shape index (κ1) is 10.9. The number of likely N-dealkylation sites (N-methyl/N-ethyl adjacent to an activating group) is 1. The molecular formula is C12H10ClNO2. The van der Waals surface area contributed by atoms with Crippen molar-refractivity contribution < 1.29 is 9.59 Å². The fraction of sp³-hybridized carbons (Fsp3) is 0.167. The van der Waals surface area contributed by atoms with Gasteiger partial charge >= 0.3 is 0 Å². The van der Waals surface area contributed by atoms with Gasteiger partial charge in [0.15, 0.2) is 0 Å². The van der Waals surface area contributed by atoms with Crippen molar-refractivity contribution >= 4 is 29.0 Å². The summed E-state index contributed by atoms with van der Waals surface area (Å²) >= 11 is 5.76. The standard InChI is InChI=1S/C12H10ClNO2/c1-2-14-11(15)7-10(12(14)16)8-3-5-9(13)6-4-8/h3-7H,2H2,1H3. The minimum atomic E-state index is -0.252. The Morgan fingerprint density at radius 1 is 1.19 bits per heavy atom. The van der Waals surface area contributed by atoms with Crippen LogP contribution in [0.4, 0.5) is 0 Å². The number of nitrogens with zero attached hydrogens (tertiary/aromatic N) is 1. The molecule has 1 aliphatic rings. The molecule has 16 heavy (non-hydrogen) atoms. The smallest absolute Gasteiger partial charge is 0.261 e. The predicted octanol–water partition coefficient (Wildman–Crippen LogP) is 2.11. The van der Waals surface area contributed by atoms with E-state index in [1.54, 1.807) is 31.2 Å². The third kappa shape index (κ3) is 1.74. The summed E-state index contributed by atoms with van der Waals surface area (Å²) in [7, 11) is 0. The number of rotatable bonds is 2. The summed E-state index contributed by atoms with van der Waals surface area (Å²) < 4.78 is 0. The number of halogens is 1. The molecule has 4 heteroatoms. The maximum atomic E-state index is 11.8. The molecule has 0 atom stereocenters. The third-order valence-corrected chi connectivity index (χ3v) is 2.73. The molecule has 0 aromatic heterocycles. The zero-order valence-electron chi connectivity index (χ0n) is 8.74. The summed E-state index contributed by atoms with van der Waals surface area (Å²) in [5, 5.41) is 0.605. The molecule has 0 spiro atoms. The molecule has 3 nitrogen and oxygen atoms in total. The van der Waals surface area contributed by atoms with Crippen LogP contribution in [0.1, 0.15) is 12.5 Å². The van der Waals surface area contributed by atoms with E-state index in [2.05, 4.69) is 0 Å². The van der Waals surface area contributed by atoms with Gasteiger partial charge in [0.1, 0.15) is 0 Å². The van der Waals surface area contributed by atoms with Crippen LogP contribution in [0.3, 0.4) is 0 Å². The minimum Gasteiger partial charge on any atom is -0.275 e. The highest BCUT2D eigenvalue weighted by Crippen LogP contribution is 2.24. The Morgan fingerprint density at radius 2 is 1.81 bits per heavy atom. The molecule has 1 aromatic rings. The van der Waals surface area contributed by atoms with Crippen molar-refractivity contribution in [1.82, 2.24) is 4.90 Å². The average Bonchev–Trinajstić information content (AvgIpc) is 2.55. The number of amides is 2. The van der Waals surface area contributed by atoms with Crippen molar-refractivity contribution in [3.63, 3.8) is 0 Å². The normalized spacial score (nSPS) is 15.6. The second-order valence-corrected chi connectivity index (χ2v) is 3.89. The van der Waals surface area contributed by atoms with Crippen LogP contribution in [0.25, 0.3) is 5.57 Å². The maximum absolute atomic E-state index is 11.8. The molecule has 2 rings (SSSR count). The van der Waals surface area contributed by atoms with Gasteiger partial charge < -0.3 is 0 Å². The van der Waals surface area contributed by atoms with E-state index in [1.165, 1.54) is 11.0 Å². The first-order valence-electron chi connectivity index (χ1n) is 4.97. The number of imide groups is 1. The SMILES string of the molecule is CCN1C(=O)C=C(c2ccc(Cl)cc2)C1=O. The summed E-state index contributed by atoms with van der Waals surface area (Å²) in [6, 6.07) is 6.87. The second kappa shape index (κ2) is 4.10. The molecule has 82 valence electrons. The average molecular weight is 236 g/mol. The molecule has 1 aromatic carbocycles. The topological polar surface area (TPSA) is 37.4 Å². The van der Waals surface area contributed by atoms with E-state index in [0.29, 0.717) is 17.1 Å². The predicted molar refractivity (Wildman–Crippen MR) is 61.8 cm³/mol. The maximum Gasteiger partial charge on any atom is 0.261 e. The minimum absolute atomic E-state index is 0.241. The highest BCUT2D eigenvalue weighted by atomic mass is 35.5. The Morgan fingerprint density at radius 3 is 2.31 bits per heavy atom. The molecule has 0 unspecified atom stereocenters. The largest absolute Gasteiger partial charge is 0.275 e. The van der Waals surface area contributed by atoms with Crippen LogP contribution in [0.15, 0.2) is 30.3 Å². The van der Waals surface area contributed by atoms with Crippen molar-refractivity contribution in [3.05, 3.63) is 40.9 Å². The van der Waals surface area contributed by atoms with Gasteiger partial charge in [-0.05, 0) is 24.6 Å². The number of benzene rings is 1. The molecule has 0 saturated heterocycles. The summed E-state index contributed by atoms with van der Waals surface area (Å²) in [5.74, 6) is -0.493. The lowest BCUT2D eigenvalue weighted by molar-refractivity contribution is -0.136. The summed E-state index contributed by atoms with van der Waals surface area (Å²) in [4.78, 5) is 24.5. The summed E-state index contributed by atoms with van der Waals surface area (Å²) in [5.41, 5.74) is 1.15. The first-order valence-corrected chi connectivity index (χ1v) is 5.34.